The minimum Gasteiger partial charge on any atom is -0.376 e. The first-order valence-electron chi connectivity index (χ1n) is 9.76. The van der Waals surface area contributed by atoms with E-state index in [1.165, 1.54) is 0 Å². The summed E-state index contributed by atoms with van der Waals surface area (Å²) in [6.07, 6.45) is -0.907. The molecule has 1 unspecified atom stereocenters. The summed E-state index contributed by atoms with van der Waals surface area (Å²) >= 11 is 0. The van der Waals surface area contributed by atoms with Crippen LogP contribution in [0.5, 0.6) is 0 Å². The molecule has 0 amide bonds. The fourth-order valence-corrected chi connectivity index (χ4v) is 2.82. The summed E-state index contributed by atoms with van der Waals surface area (Å²) in [6.45, 7) is 6.25. The van der Waals surface area contributed by atoms with Crippen molar-refractivity contribution >= 4 is 0 Å². The van der Waals surface area contributed by atoms with E-state index in [9.17, 15) is 0 Å². The van der Waals surface area contributed by atoms with E-state index in [0.717, 1.165) is 11.1 Å². The molecule has 5 nitrogen and oxygen atoms in total. The second kappa shape index (κ2) is 13.4. The average Bonchev–Trinajstić information content (AvgIpc) is 2.72. The monoisotopic (exact) mass is 388 g/mol. The Morgan fingerprint density at radius 1 is 0.750 bits per heavy atom. The molecule has 2 aromatic carbocycles. The number of rotatable bonds is 14. The summed E-state index contributed by atoms with van der Waals surface area (Å²) in [6, 6.07) is 20.1. The third kappa shape index (κ3) is 8.50. The molecule has 0 aliphatic carbocycles. The zero-order chi connectivity index (χ0) is 20.0. The maximum absolute atomic E-state index is 6.03. The Labute approximate surface area is 168 Å². The highest BCUT2D eigenvalue weighted by atomic mass is 16.7. The standard InChI is InChI=1S/C23H32O5/c1-4-27-19(2)28-23(18-26-16-21-13-9-6-10-14-21)22(24-3)17-25-15-20-11-7-5-8-12-20/h5-14,19,22-23H,4,15-18H2,1-3H3/t19?,22-,23+/m0/s1. The van der Waals surface area contributed by atoms with Crippen LogP contribution in [0.4, 0.5) is 0 Å². The fraction of sp³-hybridized carbons (Fsp3) is 0.478. The molecule has 0 spiro atoms. The van der Waals surface area contributed by atoms with Crippen LogP contribution in [-0.2, 0) is 36.9 Å². The van der Waals surface area contributed by atoms with Gasteiger partial charge in [-0.15, -0.1) is 0 Å². The molecule has 0 fully saturated rings. The van der Waals surface area contributed by atoms with Gasteiger partial charge in [-0.2, -0.15) is 0 Å². The van der Waals surface area contributed by atoms with Gasteiger partial charge < -0.3 is 23.7 Å². The lowest BCUT2D eigenvalue weighted by Gasteiger charge is -2.28. The molecule has 0 saturated carbocycles. The van der Waals surface area contributed by atoms with Crippen LogP contribution in [0.25, 0.3) is 0 Å². The molecule has 28 heavy (non-hydrogen) atoms. The van der Waals surface area contributed by atoms with Gasteiger partial charge in [-0.05, 0) is 25.0 Å². The molecule has 0 heterocycles. The predicted octanol–water partition coefficient (Wildman–Crippen LogP) is 4.20. The molecule has 2 rings (SSSR count). The number of hydrogen-bond acceptors (Lipinski definition) is 5. The molecule has 154 valence electrons. The quantitative estimate of drug-likeness (QED) is 0.454. The molecular formula is C23H32O5. The van der Waals surface area contributed by atoms with Crippen molar-refractivity contribution in [2.45, 2.75) is 45.6 Å². The van der Waals surface area contributed by atoms with Crippen LogP contribution in [0.3, 0.4) is 0 Å². The SMILES string of the molecule is CCOC(C)O[C@H](COCc1ccccc1)[C@H](COCc1ccccc1)OC. The van der Waals surface area contributed by atoms with Crippen molar-refractivity contribution in [2.75, 3.05) is 26.9 Å². The number of ether oxygens (including phenoxy) is 5. The summed E-state index contributed by atoms with van der Waals surface area (Å²) in [5.74, 6) is 0. The van der Waals surface area contributed by atoms with Crippen LogP contribution in [0.15, 0.2) is 60.7 Å². The summed E-state index contributed by atoms with van der Waals surface area (Å²) < 4.78 is 29.0. The largest absolute Gasteiger partial charge is 0.376 e. The smallest absolute Gasteiger partial charge is 0.155 e. The van der Waals surface area contributed by atoms with E-state index in [4.69, 9.17) is 23.7 Å². The second-order valence-electron chi connectivity index (χ2n) is 6.47. The first-order chi connectivity index (χ1) is 13.7. The molecule has 0 aliphatic heterocycles. The maximum Gasteiger partial charge on any atom is 0.155 e. The van der Waals surface area contributed by atoms with E-state index >= 15 is 0 Å². The van der Waals surface area contributed by atoms with Crippen molar-refractivity contribution < 1.29 is 23.7 Å². The maximum atomic E-state index is 6.03. The van der Waals surface area contributed by atoms with E-state index < -0.39 is 0 Å². The Morgan fingerprint density at radius 2 is 1.25 bits per heavy atom. The fourth-order valence-electron chi connectivity index (χ4n) is 2.82. The lowest BCUT2D eigenvalue weighted by molar-refractivity contribution is -0.206. The molecule has 3 atom stereocenters. The topological polar surface area (TPSA) is 46.2 Å². The van der Waals surface area contributed by atoms with Crippen LogP contribution in [-0.4, -0.2) is 45.4 Å². The van der Waals surface area contributed by atoms with Crippen molar-refractivity contribution in [1.29, 1.82) is 0 Å². The molecule has 0 saturated heterocycles. The van der Waals surface area contributed by atoms with Crippen LogP contribution in [0.1, 0.15) is 25.0 Å². The highest BCUT2D eigenvalue weighted by molar-refractivity contribution is 5.14. The van der Waals surface area contributed by atoms with E-state index in [-0.39, 0.29) is 18.5 Å². The Bertz CT molecular complexity index is 619. The summed E-state index contributed by atoms with van der Waals surface area (Å²) in [7, 11) is 1.66. The number of hydrogen-bond donors (Lipinski definition) is 0. The normalized spacial score (nSPS) is 14.5. The lowest BCUT2D eigenvalue weighted by Crippen LogP contribution is -2.40. The molecule has 2 aromatic rings. The van der Waals surface area contributed by atoms with Gasteiger partial charge in [-0.25, -0.2) is 0 Å². The zero-order valence-electron chi connectivity index (χ0n) is 17.1. The minimum atomic E-state index is -0.345. The zero-order valence-corrected chi connectivity index (χ0v) is 17.1. The minimum absolute atomic E-state index is 0.262. The van der Waals surface area contributed by atoms with Gasteiger partial charge in [-0.3, -0.25) is 0 Å². The first-order valence-corrected chi connectivity index (χ1v) is 9.76. The van der Waals surface area contributed by atoms with Crippen molar-refractivity contribution in [3.63, 3.8) is 0 Å². The van der Waals surface area contributed by atoms with Gasteiger partial charge in [0.1, 0.15) is 12.2 Å². The predicted molar refractivity (Wildman–Crippen MR) is 109 cm³/mol. The van der Waals surface area contributed by atoms with Gasteiger partial charge >= 0.3 is 0 Å². The Balaban J connectivity index is 1.88. The summed E-state index contributed by atoms with van der Waals surface area (Å²) in [5, 5.41) is 0. The first kappa shape index (κ1) is 22.5. The molecule has 0 N–H and O–H groups in total. The number of methoxy groups -OCH3 is 1. The van der Waals surface area contributed by atoms with E-state index in [1.54, 1.807) is 7.11 Å². The van der Waals surface area contributed by atoms with E-state index in [2.05, 4.69) is 0 Å². The van der Waals surface area contributed by atoms with Gasteiger partial charge in [0.25, 0.3) is 0 Å². The van der Waals surface area contributed by atoms with Gasteiger partial charge in [0.15, 0.2) is 6.29 Å². The Kier molecular flexibility index (Phi) is 10.8. The Hall–Kier alpha value is -1.76. The molecule has 0 aliphatic rings. The Morgan fingerprint density at radius 3 is 1.71 bits per heavy atom. The third-order valence-corrected chi connectivity index (χ3v) is 4.27. The second-order valence-corrected chi connectivity index (χ2v) is 6.47. The molecule has 0 radical (unpaired) electrons. The van der Waals surface area contributed by atoms with E-state index in [1.807, 2.05) is 74.5 Å². The third-order valence-electron chi connectivity index (χ3n) is 4.27. The van der Waals surface area contributed by atoms with E-state index in [0.29, 0.717) is 33.0 Å². The van der Waals surface area contributed by atoms with Crippen molar-refractivity contribution in [2.24, 2.45) is 0 Å². The van der Waals surface area contributed by atoms with Gasteiger partial charge in [0, 0.05) is 13.7 Å². The molecule has 0 bridgehead atoms. The number of benzene rings is 2. The molecular weight excluding hydrogens is 356 g/mol. The highest BCUT2D eigenvalue weighted by Crippen LogP contribution is 2.12. The summed E-state index contributed by atoms with van der Waals surface area (Å²) in [5.41, 5.74) is 2.24. The summed E-state index contributed by atoms with van der Waals surface area (Å²) in [4.78, 5) is 0. The lowest BCUT2D eigenvalue weighted by atomic mass is 10.2. The van der Waals surface area contributed by atoms with Crippen LogP contribution < -0.4 is 0 Å². The molecule has 5 heteroatoms. The highest BCUT2D eigenvalue weighted by Gasteiger charge is 2.25. The van der Waals surface area contributed by atoms with Crippen molar-refractivity contribution in [3.8, 4) is 0 Å². The van der Waals surface area contributed by atoms with Crippen molar-refractivity contribution in [1.82, 2.24) is 0 Å². The molecule has 0 aromatic heterocycles. The van der Waals surface area contributed by atoms with Crippen molar-refractivity contribution in [3.05, 3.63) is 71.8 Å². The van der Waals surface area contributed by atoms with Crippen LogP contribution in [0, 0.1) is 0 Å². The average molecular weight is 389 g/mol. The van der Waals surface area contributed by atoms with Crippen LogP contribution in [0.2, 0.25) is 0 Å². The van der Waals surface area contributed by atoms with Crippen LogP contribution >= 0.6 is 0 Å². The van der Waals surface area contributed by atoms with Gasteiger partial charge in [-0.1, -0.05) is 60.7 Å². The van der Waals surface area contributed by atoms with Gasteiger partial charge in [0.2, 0.25) is 0 Å². The van der Waals surface area contributed by atoms with Gasteiger partial charge in [0.05, 0.1) is 26.4 Å².